The van der Waals surface area contributed by atoms with Crippen LogP contribution in [0.2, 0.25) is 0 Å². The van der Waals surface area contributed by atoms with Crippen molar-refractivity contribution in [2.24, 2.45) is 11.5 Å². The number of nitrogens with one attached hydrogen (secondary N) is 2. The summed E-state index contributed by atoms with van der Waals surface area (Å²) in [7, 11) is 0. The van der Waals surface area contributed by atoms with Gasteiger partial charge < -0.3 is 37.2 Å². The first-order valence-electron chi connectivity index (χ1n) is 10.0. The Morgan fingerprint density at radius 2 is 1.81 bits per heavy atom. The molecule has 1 fully saturated rings. The molecule has 32 heavy (non-hydrogen) atoms. The number of primary amides is 1. The topological polar surface area (TPSA) is 205 Å². The zero-order valence-electron chi connectivity index (χ0n) is 17.3. The molecule has 0 spiro atoms. The number of amides is 4. The molecule has 1 aliphatic rings. The van der Waals surface area contributed by atoms with E-state index in [2.05, 4.69) is 10.6 Å². The highest BCUT2D eigenvalue weighted by molar-refractivity contribution is 5.93. The molecule has 0 aliphatic carbocycles. The molecule has 3 atom stereocenters. The first kappa shape index (κ1) is 24.6. The highest BCUT2D eigenvalue weighted by atomic mass is 16.4. The number of hydrogen-bond acceptors (Lipinski definition) is 7. The van der Waals surface area contributed by atoms with Crippen molar-refractivity contribution >= 4 is 29.6 Å². The van der Waals surface area contributed by atoms with Crippen molar-refractivity contribution in [3.8, 4) is 5.75 Å². The van der Waals surface area contributed by atoms with Crippen molar-refractivity contribution in [1.29, 1.82) is 0 Å². The molecule has 1 saturated heterocycles. The van der Waals surface area contributed by atoms with E-state index in [9.17, 15) is 29.1 Å². The lowest BCUT2D eigenvalue weighted by Gasteiger charge is -2.26. The summed E-state index contributed by atoms with van der Waals surface area (Å²) < 4.78 is 0. The van der Waals surface area contributed by atoms with Crippen LogP contribution in [0, 0.1) is 0 Å². The summed E-state index contributed by atoms with van der Waals surface area (Å²) in [6.45, 7) is -0.189. The van der Waals surface area contributed by atoms with E-state index in [0.29, 0.717) is 19.4 Å². The second-order valence-corrected chi connectivity index (χ2v) is 7.51. The smallest absolute Gasteiger partial charge is 0.326 e. The molecule has 4 amide bonds. The van der Waals surface area contributed by atoms with Crippen molar-refractivity contribution in [1.82, 2.24) is 15.5 Å². The maximum atomic E-state index is 12.8. The van der Waals surface area contributed by atoms with Crippen LogP contribution in [0.25, 0.3) is 0 Å². The number of carbonyl (C=O) groups is 5. The third kappa shape index (κ3) is 6.94. The molecule has 0 aromatic heterocycles. The lowest BCUT2D eigenvalue weighted by Crippen LogP contribution is -2.53. The van der Waals surface area contributed by atoms with E-state index in [1.54, 1.807) is 12.1 Å². The number of hydrogen-bond donors (Lipinski definition) is 6. The number of phenolic OH excluding ortho intramolecular Hbond substituents is 1. The number of rotatable bonds is 10. The summed E-state index contributed by atoms with van der Waals surface area (Å²) in [6, 6.07) is 3.09. The molecule has 3 unspecified atom stereocenters. The normalized spacial score (nSPS) is 17.3. The second-order valence-electron chi connectivity index (χ2n) is 7.51. The number of nitrogens with zero attached hydrogens (tertiary/aromatic N) is 1. The Kier molecular flexibility index (Phi) is 8.53. The van der Waals surface area contributed by atoms with Crippen LogP contribution in [0.5, 0.6) is 5.75 Å². The van der Waals surface area contributed by atoms with Gasteiger partial charge >= 0.3 is 5.97 Å². The number of aromatic hydroxyl groups is 1. The minimum atomic E-state index is -1.50. The van der Waals surface area contributed by atoms with Crippen LogP contribution in [0.15, 0.2) is 24.3 Å². The Morgan fingerprint density at radius 1 is 1.16 bits per heavy atom. The van der Waals surface area contributed by atoms with Crippen molar-refractivity contribution in [2.45, 2.75) is 43.8 Å². The van der Waals surface area contributed by atoms with E-state index in [1.165, 1.54) is 17.0 Å². The largest absolute Gasteiger partial charge is 0.508 e. The molecule has 0 bridgehead atoms. The molecule has 8 N–H and O–H groups in total. The Hall–Kier alpha value is -3.67. The predicted octanol–water partition coefficient (Wildman–Crippen LogP) is -2.19. The third-order valence-corrected chi connectivity index (χ3v) is 5.01. The summed E-state index contributed by atoms with van der Waals surface area (Å²) >= 11 is 0. The highest BCUT2D eigenvalue weighted by Crippen LogP contribution is 2.19. The molecule has 1 aliphatic heterocycles. The Bertz CT molecular complexity index is 874. The van der Waals surface area contributed by atoms with Gasteiger partial charge in [0.25, 0.3) is 0 Å². The Balaban J connectivity index is 1.89. The van der Waals surface area contributed by atoms with Crippen molar-refractivity contribution < 1.29 is 34.2 Å². The van der Waals surface area contributed by atoms with E-state index in [1.807, 2.05) is 0 Å². The maximum Gasteiger partial charge on any atom is 0.326 e. The van der Waals surface area contributed by atoms with Gasteiger partial charge in [0, 0.05) is 6.54 Å². The van der Waals surface area contributed by atoms with Gasteiger partial charge in [-0.3, -0.25) is 19.2 Å². The minimum absolute atomic E-state index is 0.0956. The van der Waals surface area contributed by atoms with Crippen LogP contribution in [-0.2, 0) is 30.4 Å². The van der Waals surface area contributed by atoms with E-state index in [-0.39, 0.29) is 12.2 Å². The minimum Gasteiger partial charge on any atom is -0.508 e. The molecule has 1 aromatic rings. The molecule has 12 heteroatoms. The summed E-state index contributed by atoms with van der Waals surface area (Å²) in [5.41, 5.74) is 11.7. The van der Waals surface area contributed by atoms with Gasteiger partial charge in [0.15, 0.2) is 0 Å². The SMILES string of the molecule is NC(=O)CC(NC(=O)CNC(=O)C1CCCN1C(=O)C(N)Cc1ccc(O)cc1)C(=O)O. The van der Waals surface area contributed by atoms with Gasteiger partial charge in [-0.1, -0.05) is 12.1 Å². The van der Waals surface area contributed by atoms with Crippen molar-refractivity contribution in [3.63, 3.8) is 0 Å². The number of aliphatic carboxylic acids is 1. The predicted molar refractivity (Wildman–Crippen MR) is 111 cm³/mol. The number of likely N-dealkylation sites (tertiary alicyclic amines) is 1. The quantitative estimate of drug-likeness (QED) is 0.231. The first-order valence-corrected chi connectivity index (χ1v) is 10.0. The lowest BCUT2D eigenvalue weighted by atomic mass is 10.0. The van der Waals surface area contributed by atoms with Crippen LogP contribution in [0.1, 0.15) is 24.8 Å². The average molecular weight is 449 g/mol. The molecular weight excluding hydrogens is 422 g/mol. The Morgan fingerprint density at radius 3 is 2.41 bits per heavy atom. The van der Waals surface area contributed by atoms with Gasteiger partial charge in [-0.25, -0.2) is 4.79 Å². The summed E-state index contributed by atoms with van der Waals surface area (Å²) in [5.74, 6) is -4.02. The number of phenols is 1. The lowest BCUT2D eigenvalue weighted by molar-refractivity contribution is -0.143. The molecule has 0 radical (unpaired) electrons. The summed E-state index contributed by atoms with van der Waals surface area (Å²) in [4.78, 5) is 60.6. The molecule has 0 saturated carbocycles. The highest BCUT2D eigenvalue weighted by Gasteiger charge is 2.36. The fraction of sp³-hybridized carbons (Fsp3) is 0.450. The van der Waals surface area contributed by atoms with Crippen molar-refractivity contribution in [2.75, 3.05) is 13.1 Å². The average Bonchev–Trinajstić information content (AvgIpc) is 3.22. The summed E-state index contributed by atoms with van der Waals surface area (Å²) in [6.07, 6.45) is 0.619. The molecular formula is C20H27N5O7. The fourth-order valence-corrected chi connectivity index (χ4v) is 3.42. The van der Waals surface area contributed by atoms with E-state index in [0.717, 1.165) is 5.56 Å². The van der Waals surface area contributed by atoms with E-state index in [4.69, 9.17) is 16.6 Å². The van der Waals surface area contributed by atoms with Gasteiger partial charge in [-0.05, 0) is 37.0 Å². The number of benzene rings is 1. The first-order chi connectivity index (χ1) is 15.1. The second kappa shape index (κ2) is 11.1. The maximum absolute atomic E-state index is 12.8. The van der Waals surface area contributed by atoms with E-state index >= 15 is 0 Å². The number of carboxylic acids is 1. The van der Waals surface area contributed by atoms with Crippen LogP contribution in [0.4, 0.5) is 0 Å². The number of nitrogens with two attached hydrogens (primary N) is 2. The van der Waals surface area contributed by atoms with Gasteiger partial charge in [0.1, 0.15) is 17.8 Å². The monoisotopic (exact) mass is 449 g/mol. The molecule has 174 valence electrons. The van der Waals surface area contributed by atoms with Gasteiger partial charge in [0.05, 0.1) is 19.0 Å². The molecule has 1 heterocycles. The van der Waals surface area contributed by atoms with E-state index < -0.39 is 60.7 Å². The van der Waals surface area contributed by atoms with Crippen LogP contribution < -0.4 is 22.1 Å². The molecule has 12 nitrogen and oxygen atoms in total. The van der Waals surface area contributed by atoms with Crippen LogP contribution in [-0.4, -0.2) is 75.9 Å². The standard InChI is InChI=1S/C20H27N5O7/c21-13(8-11-3-5-12(26)6-4-11)19(30)25-7-1-2-15(25)18(29)23-10-17(28)24-14(20(31)32)9-16(22)27/h3-6,13-15,26H,1-2,7-10,21H2,(H2,22,27)(H,23,29)(H,24,28)(H,31,32). The summed E-state index contributed by atoms with van der Waals surface area (Å²) in [5, 5.41) is 22.8. The van der Waals surface area contributed by atoms with Crippen LogP contribution in [0.3, 0.4) is 0 Å². The van der Waals surface area contributed by atoms with Gasteiger partial charge in [-0.2, -0.15) is 0 Å². The number of carbonyl (C=O) groups excluding carboxylic acids is 4. The molecule has 2 rings (SSSR count). The zero-order valence-corrected chi connectivity index (χ0v) is 17.3. The van der Waals surface area contributed by atoms with Gasteiger partial charge in [-0.15, -0.1) is 0 Å². The fourth-order valence-electron chi connectivity index (χ4n) is 3.42. The number of carboxylic acid groups (broad SMARTS) is 1. The van der Waals surface area contributed by atoms with Crippen molar-refractivity contribution in [3.05, 3.63) is 29.8 Å². The van der Waals surface area contributed by atoms with Crippen LogP contribution >= 0.6 is 0 Å². The van der Waals surface area contributed by atoms with Gasteiger partial charge in [0.2, 0.25) is 23.6 Å². The molecule has 1 aromatic carbocycles. The Labute approximate surface area is 183 Å². The third-order valence-electron chi connectivity index (χ3n) is 5.01. The zero-order chi connectivity index (χ0) is 23.8.